The van der Waals surface area contributed by atoms with Crippen LogP contribution in [0, 0.1) is 5.92 Å². The number of nitrogens with zero attached hydrogens (tertiary/aromatic N) is 3. The molecular formula is C28H43FN6O4. The Morgan fingerprint density at radius 3 is 2.79 bits per heavy atom. The first-order valence-electron chi connectivity index (χ1n) is 14.0. The van der Waals surface area contributed by atoms with Gasteiger partial charge in [-0.15, -0.1) is 0 Å². The number of H-pyrrole nitrogens is 1. The number of aryl methyl sites for hydroxylation is 1. The van der Waals surface area contributed by atoms with E-state index in [1.54, 1.807) is 12.2 Å². The number of imidazole rings is 1. The number of likely N-dealkylation sites (tertiary alicyclic amines) is 1. The average molecular weight is 547 g/mol. The highest BCUT2D eigenvalue weighted by molar-refractivity contribution is 5.91. The van der Waals surface area contributed by atoms with Crippen LogP contribution in [0.2, 0.25) is 0 Å². The van der Waals surface area contributed by atoms with E-state index in [2.05, 4.69) is 20.6 Å². The first-order chi connectivity index (χ1) is 18.7. The van der Waals surface area contributed by atoms with Crippen LogP contribution in [0.1, 0.15) is 75.1 Å². The Morgan fingerprint density at radius 1 is 1.31 bits per heavy atom. The summed E-state index contributed by atoms with van der Waals surface area (Å²) in [6.45, 7) is 5.10. The lowest BCUT2D eigenvalue weighted by Gasteiger charge is -2.33. The second-order valence-corrected chi connectivity index (χ2v) is 10.6. The highest BCUT2D eigenvalue weighted by atomic mass is 19.2. The number of hydrogen-bond acceptors (Lipinski definition) is 6. The van der Waals surface area contributed by atoms with Crippen LogP contribution in [0.15, 0.2) is 30.0 Å². The number of allylic oxidation sites excluding steroid dienone is 1. The molecular weight excluding hydrogens is 503 g/mol. The third-order valence-corrected chi connectivity index (χ3v) is 7.59. The second-order valence-electron chi connectivity index (χ2n) is 10.6. The van der Waals surface area contributed by atoms with E-state index < -0.39 is 18.1 Å². The molecule has 11 heteroatoms. The van der Waals surface area contributed by atoms with Crippen LogP contribution in [0.25, 0.3) is 0 Å². The van der Waals surface area contributed by atoms with E-state index in [0.717, 1.165) is 37.8 Å². The van der Waals surface area contributed by atoms with Gasteiger partial charge in [0.1, 0.15) is 17.6 Å². The highest BCUT2D eigenvalue weighted by Gasteiger charge is 2.31. The molecule has 4 N–H and O–H groups in total. The van der Waals surface area contributed by atoms with Crippen molar-refractivity contribution in [3.8, 4) is 0 Å². The van der Waals surface area contributed by atoms with Gasteiger partial charge in [0, 0.05) is 13.0 Å². The first-order valence-corrected chi connectivity index (χ1v) is 14.0. The van der Waals surface area contributed by atoms with Crippen molar-refractivity contribution in [3.63, 3.8) is 0 Å². The van der Waals surface area contributed by atoms with Crippen molar-refractivity contribution in [2.75, 3.05) is 26.7 Å². The highest BCUT2D eigenvalue weighted by Crippen LogP contribution is 2.17. The lowest BCUT2D eigenvalue weighted by molar-refractivity contribution is -0.133. The van der Waals surface area contributed by atoms with E-state index in [4.69, 9.17) is 0 Å². The third kappa shape index (κ3) is 8.99. The summed E-state index contributed by atoms with van der Waals surface area (Å²) in [7, 11) is 1.94. The zero-order valence-electron chi connectivity index (χ0n) is 23.3. The summed E-state index contributed by atoms with van der Waals surface area (Å²) in [6, 6.07) is -0.810. The maximum Gasteiger partial charge on any atom is 0.299 e. The predicted molar refractivity (Wildman–Crippen MR) is 146 cm³/mol. The topological polar surface area (TPSA) is 131 Å². The minimum Gasteiger partial charge on any atom is -0.389 e. The maximum atomic E-state index is 14.4. The van der Waals surface area contributed by atoms with Crippen molar-refractivity contribution in [2.24, 2.45) is 5.92 Å². The molecule has 10 nitrogen and oxygen atoms in total. The lowest BCUT2D eigenvalue weighted by atomic mass is 9.96. The van der Waals surface area contributed by atoms with Gasteiger partial charge in [-0.25, -0.2) is 4.98 Å². The number of piperidine rings is 1. The second kappa shape index (κ2) is 14.9. The number of amides is 3. The van der Waals surface area contributed by atoms with Crippen molar-refractivity contribution in [1.29, 1.82) is 0 Å². The fourth-order valence-corrected chi connectivity index (χ4v) is 4.83. The van der Waals surface area contributed by atoms with Crippen LogP contribution >= 0.6 is 0 Å². The zero-order valence-corrected chi connectivity index (χ0v) is 23.3. The molecule has 2 aliphatic rings. The molecule has 3 amide bonds. The van der Waals surface area contributed by atoms with E-state index in [-0.39, 0.29) is 41.1 Å². The minimum absolute atomic E-state index is 0.0119. The van der Waals surface area contributed by atoms with Crippen LogP contribution in [0.4, 0.5) is 4.48 Å². The largest absolute Gasteiger partial charge is 0.389 e. The number of hydrogen-bond donors (Lipinski definition) is 4. The summed E-state index contributed by atoms with van der Waals surface area (Å²) in [5.74, 6) is -0.588. The number of aromatic nitrogens is 2. The Morgan fingerprint density at radius 2 is 2.10 bits per heavy atom. The molecule has 0 bridgehead atoms. The quantitative estimate of drug-likeness (QED) is 0.222. The molecule has 1 aliphatic carbocycles. The number of halogens is 1. The van der Waals surface area contributed by atoms with Gasteiger partial charge in [-0.1, -0.05) is 55.0 Å². The number of aliphatic hydroxyl groups is 1. The third-order valence-electron chi connectivity index (χ3n) is 7.59. The SMILES string of the molecule is CCC(C)C(NC(=O)C1CCCCN1C)C(=O)NCCCc1ncc(C(=O)N(F)CCC2=CCC(O)C=C2)[nH]1. The monoisotopic (exact) mass is 546 g/mol. The summed E-state index contributed by atoms with van der Waals surface area (Å²) in [4.78, 5) is 47.3. The summed E-state index contributed by atoms with van der Waals surface area (Å²) < 4.78 is 14.4. The maximum absolute atomic E-state index is 14.4. The molecule has 1 saturated heterocycles. The number of nitrogens with one attached hydrogen (secondary N) is 3. The minimum atomic E-state index is -0.793. The van der Waals surface area contributed by atoms with Gasteiger partial charge in [-0.2, -0.15) is 5.12 Å². The van der Waals surface area contributed by atoms with Gasteiger partial charge in [0.2, 0.25) is 11.8 Å². The zero-order chi connectivity index (χ0) is 28.4. The normalized spacial score (nSPS) is 21.1. The van der Waals surface area contributed by atoms with E-state index in [1.807, 2.05) is 31.9 Å². The Hall–Kier alpha value is -3.05. The Kier molecular flexibility index (Phi) is 11.7. The van der Waals surface area contributed by atoms with Crippen LogP contribution in [0.5, 0.6) is 0 Å². The van der Waals surface area contributed by atoms with E-state index in [0.29, 0.717) is 38.1 Å². The Labute approximate surface area is 230 Å². The molecule has 4 unspecified atom stereocenters. The van der Waals surface area contributed by atoms with Gasteiger partial charge in [0.25, 0.3) is 5.91 Å². The Bertz CT molecular complexity index is 1040. The number of likely N-dealkylation sites (N-methyl/N-ethyl adjacent to an activating group) is 1. The van der Waals surface area contributed by atoms with E-state index in [9.17, 15) is 24.0 Å². The van der Waals surface area contributed by atoms with Crippen LogP contribution < -0.4 is 10.6 Å². The number of carbonyl (C=O) groups is 3. The van der Waals surface area contributed by atoms with Crippen LogP contribution in [-0.2, 0) is 16.0 Å². The summed E-state index contributed by atoms with van der Waals surface area (Å²) >= 11 is 0. The molecule has 1 fully saturated rings. The van der Waals surface area contributed by atoms with Crippen molar-refractivity contribution < 1.29 is 24.0 Å². The molecule has 39 heavy (non-hydrogen) atoms. The molecule has 1 aromatic heterocycles. The molecule has 3 rings (SSSR count). The number of aromatic amines is 1. The van der Waals surface area contributed by atoms with Gasteiger partial charge in [0.05, 0.1) is 24.9 Å². The molecule has 0 radical (unpaired) electrons. The van der Waals surface area contributed by atoms with Gasteiger partial charge in [-0.05, 0) is 51.6 Å². The summed E-state index contributed by atoms with van der Waals surface area (Å²) in [5, 5.41) is 15.5. The number of carbonyl (C=O) groups excluding carboxylic acids is 3. The fourth-order valence-electron chi connectivity index (χ4n) is 4.83. The lowest BCUT2D eigenvalue weighted by Crippen LogP contribution is -2.56. The van der Waals surface area contributed by atoms with Gasteiger partial charge in [-0.3, -0.25) is 19.3 Å². The van der Waals surface area contributed by atoms with Gasteiger partial charge in [0.15, 0.2) is 0 Å². The van der Waals surface area contributed by atoms with E-state index >= 15 is 0 Å². The molecule has 0 saturated carbocycles. The van der Waals surface area contributed by atoms with Gasteiger partial charge >= 0.3 is 0 Å². The Balaban J connectivity index is 1.42. The summed E-state index contributed by atoms with van der Waals surface area (Å²) in [5.41, 5.74) is 0.937. The summed E-state index contributed by atoms with van der Waals surface area (Å²) in [6.07, 6.45) is 11.5. The van der Waals surface area contributed by atoms with Crippen molar-refractivity contribution in [3.05, 3.63) is 41.5 Å². The van der Waals surface area contributed by atoms with Crippen molar-refractivity contribution in [2.45, 2.75) is 83.4 Å². The molecule has 0 aromatic carbocycles. The molecule has 0 spiro atoms. The standard InChI is InChI=1S/C28H43FN6O4/c1-4-19(2)25(33-26(37)23-8-5-6-16-34(23)3)27(38)30-15-7-9-24-31-18-22(32-24)28(39)35(29)17-14-20-10-12-21(36)13-11-20/h10-12,18-19,21,23,25,36H,4-9,13-17H2,1-3H3,(H,30,38)(H,31,32)(H,33,37). The molecule has 4 atom stereocenters. The van der Waals surface area contributed by atoms with Crippen LogP contribution in [-0.4, -0.2) is 87.7 Å². The number of rotatable bonds is 13. The van der Waals surface area contributed by atoms with Crippen LogP contribution in [0.3, 0.4) is 0 Å². The molecule has 1 aliphatic heterocycles. The molecule has 1 aromatic rings. The van der Waals surface area contributed by atoms with Crippen molar-refractivity contribution in [1.82, 2.24) is 30.6 Å². The van der Waals surface area contributed by atoms with Crippen molar-refractivity contribution >= 4 is 17.7 Å². The predicted octanol–water partition coefficient (Wildman–Crippen LogP) is 2.44. The molecule has 216 valence electrons. The van der Waals surface area contributed by atoms with E-state index in [1.165, 1.54) is 6.20 Å². The number of aliphatic hydroxyl groups excluding tert-OH is 1. The van der Waals surface area contributed by atoms with Gasteiger partial charge < -0.3 is 20.7 Å². The average Bonchev–Trinajstić information content (AvgIpc) is 3.41. The first kappa shape index (κ1) is 30.5. The fraction of sp³-hybridized carbons (Fsp3) is 0.643. The molecule has 2 heterocycles. The smallest absolute Gasteiger partial charge is 0.299 e.